The molecule has 10 heteroatoms. The lowest BCUT2D eigenvalue weighted by atomic mass is 10.1. The van der Waals surface area contributed by atoms with E-state index < -0.39 is 24.0 Å². The topological polar surface area (TPSA) is 96.2 Å². The van der Waals surface area contributed by atoms with E-state index in [0.717, 1.165) is 0 Å². The zero-order chi connectivity index (χ0) is 20.1. The van der Waals surface area contributed by atoms with Gasteiger partial charge in [-0.2, -0.15) is 23.5 Å². The highest BCUT2D eigenvalue weighted by Gasteiger charge is 2.49. The van der Waals surface area contributed by atoms with Gasteiger partial charge in [0, 0.05) is 0 Å². The van der Waals surface area contributed by atoms with E-state index in [4.69, 9.17) is 9.68 Å². The molecule has 1 saturated carbocycles. The Balaban J connectivity index is 1.71. The molecule has 1 fully saturated rings. The maximum absolute atomic E-state index is 13.2. The van der Waals surface area contributed by atoms with Crippen LogP contribution in [0, 0.1) is 24.2 Å². The smallest absolute Gasteiger partial charge is 0.408 e. The molecule has 3 aromatic heterocycles. The van der Waals surface area contributed by atoms with Gasteiger partial charge in [-0.1, -0.05) is 0 Å². The Morgan fingerprint density at radius 2 is 2.18 bits per heavy atom. The fourth-order valence-electron chi connectivity index (χ4n) is 3.04. The highest BCUT2D eigenvalue weighted by atomic mass is 19.4. The van der Waals surface area contributed by atoms with Crippen LogP contribution in [0.1, 0.15) is 34.7 Å². The normalized spacial score (nSPS) is 15.4. The van der Waals surface area contributed by atoms with Crippen LogP contribution in [0.4, 0.5) is 13.2 Å². The number of hydrogen-bond acceptors (Lipinski definition) is 5. The number of alkyl halides is 3. The number of furan rings is 1. The number of aryl methyl sites for hydroxylation is 1. The van der Waals surface area contributed by atoms with E-state index >= 15 is 0 Å². The van der Waals surface area contributed by atoms with Gasteiger partial charge in [0.1, 0.15) is 17.8 Å². The molecule has 0 saturated heterocycles. The van der Waals surface area contributed by atoms with Crippen LogP contribution in [0.2, 0.25) is 0 Å². The second-order valence-corrected chi connectivity index (χ2v) is 6.70. The summed E-state index contributed by atoms with van der Waals surface area (Å²) in [6.07, 6.45) is -2.47. The average molecular weight is 389 g/mol. The molecule has 1 aliphatic carbocycles. The summed E-state index contributed by atoms with van der Waals surface area (Å²) >= 11 is 0. The summed E-state index contributed by atoms with van der Waals surface area (Å²) < 4.78 is 46.2. The summed E-state index contributed by atoms with van der Waals surface area (Å²) in [5.74, 6) is -1.10. The Morgan fingerprint density at radius 3 is 2.79 bits per heavy atom. The molecule has 0 radical (unpaired) electrons. The van der Waals surface area contributed by atoms with Crippen LogP contribution in [0.3, 0.4) is 0 Å². The first-order valence-corrected chi connectivity index (χ1v) is 8.51. The predicted octanol–water partition coefficient (Wildman–Crippen LogP) is 3.24. The molecule has 7 nitrogen and oxygen atoms in total. The second kappa shape index (κ2) is 6.37. The highest BCUT2D eigenvalue weighted by Crippen LogP contribution is 2.40. The number of nitrogens with zero attached hydrogens (tertiary/aromatic N) is 4. The minimum absolute atomic E-state index is 0.0931. The number of fused-ring (bicyclic) bond motifs is 1. The first-order valence-electron chi connectivity index (χ1n) is 8.51. The van der Waals surface area contributed by atoms with Crippen molar-refractivity contribution in [1.82, 2.24) is 19.9 Å². The average Bonchev–Trinajstić information content (AvgIpc) is 3.18. The number of carbonyl (C=O) groups excluding carboxylic acids is 1. The number of aromatic nitrogens is 3. The van der Waals surface area contributed by atoms with Crippen molar-refractivity contribution >= 4 is 11.6 Å². The first kappa shape index (κ1) is 18.0. The number of hydrogen-bond donors (Lipinski definition) is 1. The predicted molar refractivity (Wildman–Crippen MR) is 90.2 cm³/mol. The minimum atomic E-state index is -4.52. The van der Waals surface area contributed by atoms with E-state index in [9.17, 15) is 18.0 Å². The summed E-state index contributed by atoms with van der Waals surface area (Å²) in [7, 11) is 0. The van der Waals surface area contributed by atoms with Crippen molar-refractivity contribution in [2.75, 3.05) is 0 Å². The van der Waals surface area contributed by atoms with Gasteiger partial charge in [0.15, 0.2) is 17.1 Å². The molecule has 1 aliphatic rings. The van der Waals surface area contributed by atoms with E-state index in [1.54, 1.807) is 19.1 Å². The van der Waals surface area contributed by atoms with Crippen LogP contribution in [0.5, 0.6) is 0 Å². The van der Waals surface area contributed by atoms with E-state index in [1.807, 2.05) is 6.07 Å². The number of nitriles is 1. The number of carbonyl (C=O) groups is 1. The minimum Gasteiger partial charge on any atom is -0.444 e. The van der Waals surface area contributed by atoms with E-state index in [0.29, 0.717) is 35.5 Å². The largest absolute Gasteiger partial charge is 0.444 e. The Kier molecular flexibility index (Phi) is 4.10. The number of nitrogens with one attached hydrogen (secondary N) is 1. The Labute approximate surface area is 156 Å². The number of imidazole rings is 1. The standard InChI is InChI=1S/C18H14F3N5O2/c1-9-6-12(14-5-4-11(7-22)28-14)25-26-13(8-23-16(9)26)17(27)24-15(10-2-3-10)18(19,20)21/h4-6,8,10,15H,2-3H2,1H3,(H,24,27)/t15-/m0/s1. The van der Waals surface area contributed by atoms with Gasteiger partial charge in [0.25, 0.3) is 5.91 Å². The number of halogens is 3. The van der Waals surface area contributed by atoms with Gasteiger partial charge in [-0.05, 0) is 49.4 Å². The van der Waals surface area contributed by atoms with Crippen LogP contribution in [0.25, 0.3) is 17.1 Å². The summed E-state index contributed by atoms with van der Waals surface area (Å²) in [5.41, 5.74) is 1.21. The third-order valence-electron chi connectivity index (χ3n) is 4.59. The molecule has 0 spiro atoms. The summed E-state index contributed by atoms with van der Waals surface area (Å²) in [5, 5.41) is 15.2. The van der Waals surface area contributed by atoms with E-state index in [-0.39, 0.29) is 11.5 Å². The van der Waals surface area contributed by atoms with Crippen LogP contribution in [0.15, 0.2) is 28.8 Å². The molecule has 1 amide bonds. The van der Waals surface area contributed by atoms with E-state index in [1.165, 1.54) is 16.8 Å². The Bertz CT molecular complexity index is 1100. The van der Waals surface area contributed by atoms with Crippen molar-refractivity contribution in [3.63, 3.8) is 0 Å². The Morgan fingerprint density at radius 1 is 1.43 bits per heavy atom. The van der Waals surface area contributed by atoms with E-state index in [2.05, 4.69) is 15.4 Å². The number of amides is 1. The summed E-state index contributed by atoms with van der Waals surface area (Å²) in [6.45, 7) is 1.73. The molecule has 3 heterocycles. The van der Waals surface area contributed by atoms with Gasteiger partial charge >= 0.3 is 6.18 Å². The molecule has 0 bridgehead atoms. The van der Waals surface area contributed by atoms with Crippen molar-refractivity contribution in [3.05, 3.63) is 41.4 Å². The molecule has 4 rings (SSSR count). The molecule has 0 aliphatic heterocycles. The lowest BCUT2D eigenvalue weighted by molar-refractivity contribution is -0.158. The molecule has 28 heavy (non-hydrogen) atoms. The molecular weight excluding hydrogens is 375 g/mol. The summed E-state index contributed by atoms with van der Waals surface area (Å²) in [4.78, 5) is 16.6. The van der Waals surface area contributed by atoms with Crippen LogP contribution >= 0.6 is 0 Å². The third kappa shape index (κ3) is 3.19. The van der Waals surface area contributed by atoms with Gasteiger partial charge < -0.3 is 9.73 Å². The van der Waals surface area contributed by atoms with Crippen molar-refractivity contribution in [3.8, 4) is 17.5 Å². The molecule has 3 aromatic rings. The van der Waals surface area contributed by atoms with Crippen LogP contribution in [-0.2, 0) is 0 Å². The van der Waals surface area contributed by atoms with Gasteiger partial charge in [0.2, 0.25) is 5.76 Å². The second-order valence-electron chi connectivity index (χ2n) is 6.70. The number of rotatable bonds is 4. The highest BCUT2D eigenvalue weighted by molar-refractivity contribution is 5.93. The third-order valence-corrected chi connectivity index (χ3v) is 4.59. The SMILES string of the molecule is Cc1cc(-c2ccc(C#N)o2)nn2c(C(=O)N[C@@H](C3CC3)C(F)(F)F)cnc12. The monoisotopic (exact) mass is 389 g/mol. The zero-order valence-corrected chi connectivity index (χ0v) is 14.6. The van der Waals surface area contributed by atoms with Gasteiger partial charge in [-0.25, -0.2) is 9.50 Å². The lowest BCUT2D eigenvalue weighted by Gasteiger charge is -2.21. The fraction of sp³-hybridized carbons (Fsp3) is 0.333. The van der Waals surface area contributed by atoms with Gasteiger partial charge in [0.05, 0.1) is 6.20 Å². The lowest BCUT2D eigenvalue weighted by Crippen LogP contribution is -2.47. The van der Waals surface area contributed by atoms with Crippen LogP contribution < -0.4 is 5.32 Å². The van der Waals surface area contributed by atoms with Crippen molar-refractivity contribution in [2.45, 2.75) is 32.0 Å². The zero-order valence-electron chi connectivity index (χ0n) is 14.6. The molecule has 1 N–H and O–H groups in total. The molecule has 144 valence electrons. The van der Waals surface area contributed by atoms with Gasteiger partial charge in [-0.15, -0.1) is 0 Å². The van der Waals surface area contributed by atoms with Gasteiger partial charge in [-0.3, -0.25) is 4.79 Å². The first-order chi connectivity index (χ1) is 13.3. The molecule has 0 aromatic carbocycles. The van der Waals surface area contributed by atoms with Crippen molar-refractivity contribution in [2.24, 2.45) is 5.92 Å². The fourth-order valence-corrected chi connectivity index (χ4v) is 3.04. The molecular formula is C18H14F3N5O2. The van der Waals surface area contributed by atoms with Crippen LogP contribution in [-0.4, -0.2) is 32.7 Å². The Hall–Kier alpha value is -3.35. The molecule has 0 unspecified atom stereocenters. The maximum Gasteiger partial charge on any atom is 0.408 e. The van der Waals surface area contributed by atoms with Crippen molar-refractivity contribution in [1.29, 1.82) is 5.26 Å². The molecule has 1 atom stereocenters. The quantitative estimate of drug-likeness (QED) is 0.739. The summed E-state index contributed by atoms with van der Waals surface area (Å²) in [6, 6.07) is 4.66. The maximum atomic E-state index is 13.2. The van der Waals surface area contributed by atoms with Crippen molar-refractivity contribution < 1.29 is 22.4 Å².